The first-order valence-electron chi connectivity index (χ1n) is 7.80. The summed E-state index contributed by atoms with van der Waals surface area (Å²) in [5.74, 6) is -0.0763. The van der Waals surface area contributed by atoms with Gasteiger partial charge in [0.05, 0.1) is 11.4 Å². The van der Waals surface area contributed by atoms with Crippen LogP contribution in [-0.2, 0) is 28.6 Å². The molecule has 0 heterocycles. The highest BCUT2D eigenvalue weighted by molar-refractivity contribution is 7.91. The number of sulfonamides is 1. The normalized spacial score (nSPS) is 13.4. The number of benzene rings is 3. The quantitative estimate of drug-likeness (QED) is 0.745. The molecule has 3 aromatic rings. The molecular formula is C19H16ClNO2S. The molecule has 0 saturated carbocycles. The van der Waals surface area contributed by atoms with E-state index in [1.165, 1.54) is 16.5 Å². The lowest BCUT2D eigenvalue weighted by atomic mass is 10.0. The van der Waals surface area contributed by atoms with Crippen LogP contribution in [-0.4, -0.2) is 8.42 Å². The van der Waals surface area contributed by atoms with Crippen LogP contribution in [0.4, 0.5) is 5.69 Å². The number of hydrogen-bond acceptors (Lipinski definition) is 2. The summed E-state index contributed by atoms with van der Waals surface area (Å²) < 4.78 is 27.8. The van der Waals surface area contributed by atoms with E-state index in [2.05, 4.69) is 10.8 Å². The van der Waals surface area contributed by atoms with Crippen LogP contribution in [0.3, 0.4) is 0 Å². The Bertz CT molecular complexity index is 1020. The lowest BCUT2D eigenvalue weighted by Crippen LogP contribution is -2.15. The van der Waals surface area contributed by atoms with Gasteiger partial charge in [-0.2, -0.15) is 0 Å². The Hall–Kier alpha value is -2.04. The Morgan fingerprint density at radius 1 is 0.917 bits per heavy atom. The molecule has 0 radical (unpaired) electrons. The van der Waals surface area contributed by atoms with E-state index in [4.69, 9.17) is 11.6 Å². The molecule has 1 N–H and O–H groups in total. The maximum atomic E-state index is 12.5. The van der Waals surface area contributed by atoms with Gasteiger partial charge in [-0.1, -0.05) is 48.0 Å². The molecule has 0 spiro atoms. The molecule has 0 saturated heterocycles. The fourth-order valence-electron chi connectivity index (χ4n) is 3.34. The number of rotatable bonds is 4. The average Bonchev–Trinajstić information content (AvgIpc) is 2.97. The van der Waals surface area contributed by atoms with Gasteiger partial charge in [-0.3, -0.25) is 4.72 Å². The van der Waals surface area contributed by atoms with Crippen molar-refractivity contribution in [3.63, 3.8) is 0 Å². The van der Waals surface area contributed by atoms with Gasteiger partial charge in [0.2, 0.25) is 10.0 Å². The molecule has 3 nitrogen and oxygen atoms in total. The maximum Gasteiger partial charge on any atom is 0.236 e. The maximum absolute atomic E-state index is 12.5. The van der Waals surface area contributed by atoms with E-state index in [1.54, 1.807) is 24.3 Å². The molecule has 1 aliphatic carbocycles. The zero-order valence-electron chi connectivity index (χ0n) is 12.9. The molecule has 122 valence electrons. The van der Waals surface area contributed by atoms with Crippen LogP contribution < -0.4 is 4.72 Å². The van der Waals surface area contributed by atoms with Crippen LogP contribution in [0.1, 0.15) is 16.7 Å². The average molecular weight is 358 g/mol. The van der Waals surface area contributed by atoms with Crippen molar-refractivity contribution in [2.45, 2.75) is 18.6 Å². The molecule has 3 aromatic carbocycles. The highest BCUT2D eigenvalue weighted by atomic mass is 35.5. The summed E-state index contributed by atoms with van der Waals surface area (Å²) in [5.41, 5.74) is 3.94. The molecule has 0 atom stereocenters. The highest BCUT2D eigenvalue weighted by Gasteiger charge is 2.18. The Kier molecular flexibility index (Phi) is 3.74. The second-order valence-corrected chi connectivity index (χ2v) is 8.26. The highest BCUT2D eigenvalue weighted by Crippen LogP contribution is 2.35. The number of nitrogens with one attached hydrogen (secondary N) is 1. The van der Waals surface area contributed by atoms with Gasteiger partial charge in [-0.15, -0.1) is 0 Å². The third-order valence-electron chi connectivity index (χ3n) is 4.41. The van der Waals surface area contributed by atoms with Gasteiger partial charge >= 0.3 is 0 Å². The number of halogens is 1. The number of anilines is 1. The minimum atomic E-state index is -3.49. The van der Waals surface area contributed by atoms with E-state index >= 15 is 0 Å². The second kappa shape index (κ2) is 5.80. The molecule has 0 amide bonds. The smallest absolute Gasteiger partial charge is 0.236 e. The van der Waals surface area contributed by atoms with Crippen LogP contribution in [0.2, 0.25) is 5.02 Å². The van der Waals surface area contributed by atoms with Crippen LogP contribution in [0.25, 0.3) is 10.8 Å². The van der Waals surface area contributed by atoms with E-state index in [-0.39, 0.29) is 5.75 Å². The minimum absolute atomic E-state index is 0.0763. The van der Waals surface area contributed by atoms with Crippen molar-refractivity contribution in [3.8, 4) is 0 Å². The van der Waals surface area contributed by atoms with Crippen LogP contribution in [0.15, 0.2) is 54.6 Å². The monoisotopic (exact) mass is 357 g/mol. The molecule has 0 bridgehead atoms. The summed E-state index contributed by atoms with van der Waals surface area (Å²) >= 11 is 5.85. The van der Waals surface area contributed by atoms with Gasteiger partial charge in [0.25, 0.3) is 0 Å². The van der Waals surface area contributed by atoms with E-state index in [0.29, 0.717) is 16.3 Å². The predicted octanol–water partition coefficient (Wildman–Crippen LogP) is 4.53. The molecule has 24 heavy (non-hydrogen) atoms. The van der Waals surface area contributed by atoms with Crippen molar-refractivity contribution >= 4 is 38.1 Å². The lowest BCUT2D eigenvalue weighted by Gasteiger charge is -2.12. The Morgan fingerprint density at radius 2 is 1.62 bits per heavy atom. The summed E-state index contributed by atoms with van der Waals surface area (Å²) in [6.45, 7) is 0. The topological polar surface area (TPSA) is 46.2 Å². The van der Waals surface area contributed by atoms with Crippen LogP contribution in [0.5, 0.6) is 0 Å². The minimum Gasteiger partial charge on any atom is -0.283 e. The lowest BCUT2D eigenvalue weighted by molar-refractivity contribution is 0.600. The Labute approximate surface area is 146 Å². The van der Waals surface area contributed by atoms with Crippen molar-refractivity contribution in [2.24, 2.45) is 0 Å². The van der Waals surface area contributed by atoms with Crippen LogP contribution >= 0.6 is 11.6 Å². The third kappa shape index (κ3) is 2.87. The zero-order chi connectivity index (χ0) is 16.7. The van der Waals surface area contributed by atoms with E-state index < -0.39 is 10.0 Å². The molecule has 5 heteroatoms. The van der Waals surface area contributed by atoms with E-state index in [0.717, 1.165) is 18.2 Å². The summed E-state index contributed by atoms with van der Waals surface area (Å²) in [7, 11) is -3.49. The van der Waals surface area contributed by atoms with Gasteiger partial charge in [-0.25, -0.2) is 8.42 Å². The first kappa shape index (κ1) is 15.5. The number of hydrogen-bond donors (Lipinski definition) is 1. The molecular weight excluding hydrogens is 342 g/mol. The Balaban J connectivity index is 1.68. The first-order chi connectivity index (χ1) is 11.5. The first-order valence-corrected chi connectivity index (χ1v) is 9.83. The zero-order valence-corrected chi connectivity index (χ0v) is 14.5. The van der Waals surface area contributed by atoms with E-state index in [1.807, 2.05) is 24.3 Å². The fourth-order valence-corrected chi connectivity index (χ4v) is 4.68. The van der Waals surface area contributed by atoms with Crippen molar-refractivity contribution in [1.82, 2.24) is 0 Å². The van der Waals surface area contributed by atoms with Gasteiger partial charge < -0.3 is 0 Å². The largest absolute Gasteiger partial charge is 0.283 e. The van der Waals surface area contributed by atoms with Crippen molar-refractivity contribution in [2.75, 3.05) is 4.72 Å². The second-order valence-electron chi connectivity index (χ2n) is 6.10. The molecule has 0 fully saturated rings. The van der Waals surface area contributed by atoms with Gasteiger partial charge in [-0.05, 0) is 53.1 Å². The van der Waals surface area contributed by atoms with Gasteiger partial charge in [0, 0.05) is 10.4 Å². The van der Waals surface area contributed by atoms with Crippen molar-refractivity contribution < 1.29 is 8.42 Å². The molecule has 0 unspecified atom stereocenters. The van der Waals surface area contributed by atoms with Crippen molar-refractivity contribution in [3.05, 3.63) is 76.3 Å². The van der Waals surface area contributed by atoms with Crippen molar-refractivity contribution in [1.29, 1.82) is 0 Å². The molecule has 4 rings (SSSR count). The fraction of sp³-hybridized carbons (Fsp3) is 0.158. The standard InChI is InChI=1S/C19H16ClNO2S/c20-16-9-4-13(5-10-16)12-24(22,23)21-18-11-8-15-7-6-14-2-1-3-17(18)19(14)15/h1-5,8-11,21H,6-7,12H2. The summed E-state index contributed by atoms with van der Waals surface area (Å²) in [6, 6.07) is 16.8. The van der Waals surface area contributed by atoms with E-state index in [9.17, 15) is 8.42 Å². The summed E-state index contributed by atoms with van der Waals surface area (Å²) in [4.78, 5) is 0. The van der Waals surface area contributed by atoms with Gasteiger partial charge in [0.15, 0.2) is 0 Å². The molecule has 0 aliphatic heterocycles. The Morgan fingerprint density at radius 3 is 2.38 bits per heavy atom. The molecule has 0 aromatic heterocycles. The van der Waals surface area contributed by atoms with Crippen LogP contribution in [0, 0.1) is 0 Å². The summed E-state index contributed by atoms with van der Waals surface area (Å²) in [5, 5.41) is 2.77. The molecule has 1 aliphatic rings. The summed E-state index contributed by atoms with van der Waals surface area (Å²) in [6.07, 6.45) is 2.04. The predicted molar refractivity (Wildman–Crippen MR) is 99.1 cm³/mol. The number of aryl methyl sites for hydroxylation is 2. The third-order valence-corrected chi connectivity index (χ3v) is 5.91. The SMILES string of the molecule is O=S(=O)(Cc1ccc(Cl)cc1)Nc1ccc2c3c(cccc13)CC2. The van der Waals surface area contributed by atoms with Gasteiger partial charge in [0.1, 0.15) is 0 Å².